The number of benzene rings is 1. The van der Waals surface area contributed by atoms with Crippen molar-refractivity contribution in [1.29, 1.82) is 5.41 Å². The minimum atomic E-state index is -3.08. The zero-order chi connectivity index (χ0) is 23.3. The van der Waals surface area contributed by atoms with Gasteiger partial charge in [-0.3, -0.25) is 10.2 Å². The van der Waals surface area contributed by atoms with Crippen LogP contribution in [-0.4, -0.2) is 41.3 Å². The Kier molecular flexibility index (Phi) is 6.93. The summed E-state index contributed by atoms with van der Waals surface area (Å²) < 4.78 is 42.5. The van der Waals surface area contributed by atoms with Crippen LogP contribution in [0.5, 0.6) is 0 Å². The quantitative estimate of drug-likeness (QED) is 0.269. The number of hydrogen-bond acceptors (Lipinski definition) is 8. The lowest BCUT2D eigenvalue weighted by Gasteiger charge is -2.36. The van der Waals surface area contributed by atoms with E-state index in [1.807, 2.05) is 0 Å². The summed E-state index contributed by atoms with van der Waals surface area (Å²) >= 11 is 0. The van der Waals surface area contributed by atoms with Crippen LogP contribution in [0, 0.1) is 11.2 Å². The first-order chi connectivity index (χ1) is 15.2. The van der Waals surface area contributed by atoms with E-state index >= 15 is 0 Å². The third-order valence-electron chi connectivity index (χ3n) is 4.98. The number of aromatic nitrogens is 1. The van der Waals surface area contributed by atoms with Crippen LogP contribution >= 0.6 is 0 Å². The van der Waals surface area contributed by atoms with Gasteiger partial charge in [-0.2, -0.15) is 5.10 Å². The van der Waals surface area contributed by atoms with E-state index in [-0.39, 0.29) is 30.0 Å². The molecule has 2 aromatic rings. The standard InChI is InChI=1S/C20H23F3N8O/c21-14-10-13(17(26)32)18(28-11-3-1-4-12(9-11)31-27-8-7-24)30-19(14)29-15-5-2-6-20(22,23)16(15)25/h1,3-4,7-10,15-16,24,31H,2,5-6,25H2,(H2,26,32)(H2,28,29,30)/b24-7?,27-8-/t15-,16-/m1/s1. The molecule has 0 saturated heterocycles. The highest BCUT2D eigenvalue weighted by atomic mass is 19.3. The van der Waals surface area contributed by atoms with Gasteiger partial charge in [0.25, 0.3) is 11.8 Å². The smallest absolute Gasteiger partial charge is 0.264 e. The van der Waals surface area contributed by atoms with Gasteiger partial charge in [-0.05, 0) is 37.1 Å². The number of nitrogens with two attached hydrogens (primary N) is 2. The molecule has 0 unspecified atom stereocenters. The van der Waals surface area contributed by atoms with E-state index in [2.05, 4.69) is 26.1 Å². The molecule has 12 heteroatoms. The van der Waals surface area contributed by atoms with E-state index in [0.717, 1.165) is 12.3 Å². The normalized spacial score (nSPS) is 20.0. The molecule has 170 valence electrons. The van der Waals surface area contributed by atoms with Crippen LogP contribution in [0.15, 0.2) is 35.4 Å². The van der Waals surface area contributed by atoms with E-state index in [9.17, 15) is 18.0 Å². The number of rotatable bonds is 8. The van der Waals surface area contributed by atoms with E-state index in [1.54, 1.807) is 24.3 Å². The number of carbonyl (C=O) groups is 1. The minimum absolute atomic E-state index is 0.0577. The largest absolute Gasteiger partial charge is 0.365 e. The summed E-state index contributed by atoms with van der Waals surface area (Å²) in [5.41, 5.74) is 14.6. The van der Waals surface area contributed by atoms with Crippen LogP contribution in [0.2, 0.25) is 0 Å². The molecule has 0 spiro atoms. The van der Waals surface area contributed by atoms with Crippen molar-refractivity contribution in [2.75, 3.05) is 16.1 Å². The summed E-state index contributed by atoms with van der Waals surface area (Å²) in [5, 5.41) is 16.3. The van der Waals surface area contributed by atoms with Gasteiger partial charge in [0.05, 0.1) is 23.5 Å². The maximum absolute atomic E-state index is 14.6. The number of anilines is 4. The second-order valence-corrected chi connectivity index (χ2v) is 7.27. The summed E-state index contributed by atoms with van der Waals surface area (Å²) in [6.07, 6.45) is 2.46. The highest BCUT2D eigenvalue weighted by Crippen LogP contribution is 2.34. The molecule has 0 aliphatic heterocycles. The predicted molar refractivity (Wildman–Crippen MR) is 118 cm³/mol. The summed E-state index contributed by atoms with van der Waals surface area (Å²) in [7, 11) is 0. The van der Waals surface area contributed by atoms with Crippen molar-refractivity contribution < 1.29 is 18.0 Å². The van der Waals surface area contributed by atoms with Gasteiger partial charge in [-0.15, -0.1) is 0 Å². The molecule has 8 N–H and O–H groups in total. The number of amides is 1. The maximum Gasteiger partial charge on any atom is 0.264 e. The van der Waals surface area contributed by atoms with Crippen molar-refractivity contribution in [3.8, 4) is 0 Å². The molecule has 32 heavy (non-hydrogen) atoms. The number of hydrogen-bond donors (Lipinski definition) is 6. The zero-order valence-electron chi connectivity index (χ0n) is 16.9. The number of hydrazone groups is 1. The van der Waals surface area contributed by atoms with Crippen molar-refractivity contribution in [3.63, 3.8) is 0 Å². The summed E-state index contributed by atoms with van der Waals surface area (Å²) in [6, 6.07) is 5.16. The molecular weight excluding hydrogens is 425 g/mol. The summed E-state index contributed by atoms with van der Waals surface area (Å²) in [4.78, 5) is 15.9. The lowest BCUT2D eigenvalue weighted by molar-refractivity contribution is -0.0555. The number of halogens is 3. The Hall–Kier alpha value is -3.67. The van der Waals surface area contributed by atoms with E-state index in [4.69, 9.17) is 16.9 Å². The Labute approximate surface area is 182 Å². The molecule has 2 atom stereocenters. The molecule has 1 aliphatic carbocycles. The van der Waals surface area contributed by atoms with Crippen LogP contribution in [0.4, 0.5) is 36.2 Å². The second-order valence-electron chi connectivity index (χ2n) is 7.27. The Balaban J connectivity index is 1.88. The van der Waals surface area contributed by atoms with E-state index < -0.39 is 29.7 Å². The van der Waals surface area contributed by atoms with Gasteiger partial charge in [0.15, 0.2) is 11.6 Å². The SMILES string of the molecule is N=C/C=N\Nc1cccc(Nc2nc(N[C@@H]3CCCC(F)(F)[C@@H]3N)c(F)cc2C(N)=O)c1. The second kappa shape index (κ2) is 9.64. The van der Waals surface area contributed by atoms with Crippen LogP contribution in [0.1, 0.15) is 29.6 Å². The van der Waals surface area contributed by atoms with Gasteiger partial charge in [0.2, 0.25) is 0 Å². The van der Waals surface area contributed by atoms with E-state index in [1.165, 1.54) is 6.21 Å². The van der Waals surface area contributed by atoms with Gasteiger partial charge in [0.1, 0.15) is 5.82 Å². The molecule has 1 aromatic heterocycles. The van der Waals surface area contributed by atoms with Crippen molar-refractivity contribution in [1.82, 2.24) is 4.98 Å². The molecule has 3 rings (SSSR count). The monoisotopic (exact) mass is 448 g/mol. The van der Waals surface area contributed by atoms with Gasteiger partial charge in [-0.1, -0.05) is 6.07 Å². The van der Waals surface area contributed by atoms with Crippen LogP contribution in [0.3, 0.4) is 0 Å². The number of alkyl halides is 2. The van der Waals surface area contributed by atoms with Crippen molar-refractivity contribution in [3.05, 3.63) is 41.7 Å². The Morgan fingerprint density at radius 2 is 2.03 bits per heavy atom. The molecule has 1 heterocycles. The first-order valence-electron chi connectivity index (χ1n) is 9.77. The Morgan fingerprint density at radius 1 is 1.28 bits per heavy atom. The fraction of sp³-hybridized carbons (Fsp3) is 0.300. The summed E-state index contributed by atoms with van der Waals surface area (Å²) in [5.74, 6) is -5.29. The van der Waals surface area contributed by atoms with Gasteiger partial charge >= 0.3 is 0 Å². The third kappa shape index (κ3) is 5.32. The average molecular weight is 448 g/mol. The predicted octanol–water partition coefficient (Wildman–Crippen LogP) is 3.04. The molecule has 1 aliphatic rings. The lowest BCUT2D eigenvalue weighted by atomic mass is 9.87. The van der Waals surface area contributed by atoms with Gasteiger partial charge < -0.3 is 27.5 Å². The van der Waals surface area contributed by atoms with E-state index in [0.29, 0.717) is 17.8 Å². The first kappa shape index (κ1) is 23.0. The third-order valence-corrected chi connectivity index (χ3v) is 4.98. The average Bonchev–Trinajstić information content (AvgIpc) is 2.74. The van der Waals surface area contributed by atoms with Crippen LogP contribution in [-0.2, 0) is 0 Å². The van der Waals surface area contributed by atoms with Crippen molar-refractivity contribution in [2.45, 2.75) is 37.3 Å². The van der Waals surface area contributed by atoms with Gasteiger partial charge in [0, 0.05) is 24.4 Å². The van der Waals surface area contributed by atoms with Gasteiger partial charge in [-0.25, -0.2) is 18.2 Å². The molecule has 1 fully saturated rings. The molecule has 1 amide bonds. The lowest BCUT2D eigenvalue weighted by Crippen LogP contribution is -2.55. The minimum Gasteiger partial charge on any atom is -0.365 e. The molecule has 1 aromatic carbocycles. The topological polar surface area (TPSA) is 154 Å². The maximum atomic E-state index is 14.6. The Bertz CT molecular complexity index is 1030. The first-order valence-corrected chi connectivity index (χ1v) is 9.77. The molecule has 0 radical (unpaired) electrons. The molecule has 1 saturated carbocycles. The van der Waals surface area contributed by atoms with Crippen molar-refractivity contribution >= 4 is 41.3 Å². The number of nitrogens with zero attached hydrogens (tertiary/aromatic N) is 2. The number of carbonyl (C=O) groups excluding carboxylic acids is 1. The highest BCUT2D eigenvalue weighted by molar-refractivity contribution is 6.14. The van der Waals surface area contributed by atoms with Crippen molar-refractivity contribution in [2.24, 2.45) is 16.6 Å². The fourth-order valence-corrected chi connectivity index (χ4v) is 3.36. The number of pyridine rings is 1. The van der Waals surface area contributed by atoms with Crippen LogP contribution in [0.25, 0.3) is 0 Å². The fourth-order valence-electron chi connectivity index (χ4n) is 3.36. The molecular formula is C20H23F3N8O. The Morgan fingerprint density at radius 3 is 2.75 bits per heavy atom. The number of primary amides is 1. The summed E-state index contributed by atoms with van der Waals surface area (Å²) in [6.45, 7) is 0. The molecule has 0 bridgehead atoms. The highest BCUT2D eigenvalue weighted by Gasteiger charge is 2.45. The zero-order valence-corrected chi connectivity index (χ0v) is 16.9. The molecule has 9 nitrogen and oxygen atoms in total. The number of nitrogens with one attached hydrogen (secondary N) is 4. The van der Waals surface area contributed by atoms with Crippen LogP contribution < -0.4 is 27.5 Å².